The van der Waals surface area contributed by atoms with E-state index in [0.717, 1.165) is 0 Å². The Bertz CT molecular complexity index is 516. The van der Waals surface area contributed by atoms with Crippen LogP contribution in [-0.4, -0.2) is 61.2 Å². The fourth-order valence-corrected chi connectivity index (χ4v) is 2.25. The Morgan fingerprint density at radius 1 is 1.19 bits per heavy atom. The van der Waals surface area contributed by atoms with Crippen molar-refractivity contribution < 1.29 is 19.1 Å². The van der Waals surface area contributed by atoms with E-state index in [9.17, 15) is 14.0 Å². The van der Waals surface area contributed by atoms with Crippen molar-refractivity contribution in [1.82, 2.24) is 10.2 Å². The molecule has 2 rings (SSSR count). The number of aliphatic hydroxyl groups is 1. The monoisotopic (exact) mass is 295 g/mol. The first-order valence-electron chi connectivity index (χ1n) is 6.81. The topological polar surface area (TPSA) is 72.9 Å². The van der Waals surface area contributed by atoms with Crippen LogP contribution in [0.3, 0.4) is 0 Å². The maximum atomic E-state index is 13.7. The zero-order chi connectivity index (χ0) is 15.2. The van der Waals surface area contributed by atoms with Gasteiger partial charge in [0.25, 0.3) is 0 Å². The first-order valence-corrected chi connectivity index (χ1v) is 6.81. The Balaban J connectivity index is 1.90. The van der Waals surface area contributed by atoms with E-state index in [1.807, 2.05) is 4.90 Å². The van der Waals surface area contributed by atoms with Crippen LogP contribution < -0.4 is 10.2 Å². The molecule has 1 heterocycles. The number of aliphatic hydroxyl groups excluding tert-OH is 1. The van der Waals surface area contributed by atoms with E-state index in [1.165, 1.54) is 11.0 Å². The van der Waals surface area contributed by atoms with Crippen LogP contribution in [0.1, 0.15) is 0 Å². The molecule has 6 nitrogen and oxygen atoms in total. The van der Waals surface area contributed by atoms with Gasteiger partial charge < -0.3 is 20.2 Å². The second kappa shape index (κ2) is 7.03. The van der Waals surface area contributed by atoms with Gasteiger partial charge >= 0.3 is 11.8 Å². The van der Waals surface area contributed by atoms with Gasteiger partial charge in [-0.2, -0.15) is 0 Å². The maximum Gasteiger partial charge on any atom is 0.312 e. The molecular weight excluding hydrogens is 277 g/mol. The largest absolute Gasteiger partial charge is 0.395 e. The van der Waals surface area contributed by atoms with Gasteiger partial charge in [-0.25, -0.2) is 4.39 Å². The molecule has 114 valence electrons. The van der Waals surface area contributed by atoms with Gasteiger partial charge in [0, 0.05) is 32.7 Å². The Morgan fingerprint density at radius 2 is 1.86 bits per heavy atom. The minimum atomic E-state index is -0.719. The molecule has 2 amide bonds. The van der Waals surface area contributed by atoms with Crippen molar-refractivity contribution in [2.45, 2.75) is 0 Å². The summed E-state index contributed by atoms with van der Waals surface area (Å²) in [6, 6.07) is 6.48. The molecule has 0 saturated carbocycles. The molecule has 1 fully saturated rings. The molecule has 1 aliphatic rings. The highest BCUT2D eigenvalue weighted by Crippen LogP contribution is 2.20. The van der Waals surface area contributed by atoms with Gasteiger partial charge in [-0.15, -0.1) is 0 Å². The molecule has 0 aliphatic carbocycles. The maximum absolute atomic E-state index is 13.7. The Labute approximate surface area is 122 Å². The predicted octanol–water partition coefficient (Wildman–Crippen LogP) is -0.417. The van der Waals surface area contributed by atoms with Crippen molar-refractivity contribution in [2.24, 2.45) is 0 Å². The fourth-order valence-electron chi connectivity index (χ4n) is 2.25. The quantitative estimate of drug-likeness (QED) is 0.743. The van der Waals surface area contributed by atoms with Gasteiger partial charge in [0.05, 0.1) is 12.3 Å². The second-order valence-electron chi connectivity index (χ2n) is 4.71. The summed E-state index contributed by atoms with van der Waals surface area (Å²) in [5, 5.41) is 10.9. The molecule has 0 bridgehead atoms. The van der Waals surface area contributed by atoms with Gasteiger partial charge in [0.2, 0.25) is 0 Å². The van der Waals surface area contributed by atoms with Crippen molar-refractivity contribution >= 4 is 17.5 Å². The lowest BCUT2D eigenvalue weighted by molar-refractivity contribution is -0.146. The number of rotatable bonds is 3. The van der Waals surface area contributed by atoms with Gasteiger partial charge in [-0.3, -0.25) is 9.59 Å². The van der Waals surface area contributed by atoms with E-state index in [4.69, 9.17) is 5.11 Å². The zero-order valence-corrected chi connectivity index (χ0v) is 11.6. The highest BCUT2D eigenvalue weighted by Gasteiger charge is 2.26. The molecular formula is C14H18FN3O3. The van der Waals surface area contributed by atoms with Crippen LogP contribution in [0, 0.1) is 5.82 Å². The van der Waals surface area contributed by atoms with Crippen molar-refractivity contribution in [3.63, 3.8) is 0 Å². The first-order chi connectivity index (χ1) is 10.1. The molecule has 0 aromatic heterocycles. The number of carbonyl (C=O) groups excluding carboxylic acids is 2. The molecule has 0 unspecified atom stereocenters. The van der Waals surface area contributed by atoms with Crippen molar-refractivity contribution in [2.75, 3.05) is 44.2 Å². The van der Waals surface area contributed by atoms with Crippen LogP contribution in [0.4, 0.5) is 10.1 Å². The minimum absolute atomic E-state index is 0.0553. The molecule has 1 aliphatic heterocycles. The molecule has 2 N–H and O–H groups in total. The van der Waals surface area contributed by atoms with Gasteiger partial charge in [-0.1, -0.05) is 12.1 Å². The molecule has 0 radical (unpaired) electrons. The number of hydrogen-bond acceptors (Lipinski definition) is 4. The summed E-state index contributed by atoms with van der Waals surface area (Å²) >= 11 is 0. The highest BCUT2D eigenvalue weighted by molar-refractivity contribution is 6.35. The van der Waals surface area contributed by atoms with Crippen LogP contribution in [0.5, 0.6) is 0 Å². The van der Waals surface area contributed by atoms with E-state index in [-0.39, 0.29) is 19.0 Å². The Hall–Kier alpha value is -2.15. The van der Waals surface area contributed by atoms with Crippen molar-refractivity contribution in [3.8, 4) is 0 Å². The SMILES string of the molecule is O=C(NCCO)C(=O)N1CCN(c2ccccc2F)CC1. The number of carbonyl (C=O) groups is 2. The minimum Gasteiger partial charge on any atom is -0.395 e. The second-order valence-corrected chi connectivity index (χ2v) is 4.71. The summed E-state index contributed by atoms with van der Waals surface area (Å²) in [4.78, 5) is 26.7. The van der Waals surface area contributed by atoms with Gasteiger partial charge in [0.1, 0.15) is 5.82 Å². The number of halogens is 1. The molecule has 1 aromatic rings. The number of benzene rings is 1. The third-order valence-corrected chi connectivity index (χ3v) is 3.35. The Morgan fingerprint density at radius 3 is 2.48 bits per heavy atom. The lowest BCUT2D eigenvalue weighted by atomic mass is 10.2. The van der Waals surface area contributed by atoms with E-state index in [2.05, 4.69) is 5.32 Å². The third-order valence-electron chi connectivity index (χ3n) is 3.35. The van der Waals surface area contributed by atoms with Crippen molar-refractivity contribution in [1.29, 1.82) is 0 Å². The number of piperazine rings is 1. The smallest absolute Gasteiger partial charge is 0.312 e. The van der Waals surface area contributed by atoms with Crippen LogP contribution in [-0.2, 0) is 9.59 Å². The molecule has 0 spiro atoms. The normalized spacial score (nSPS) is 15.0. The predicted molar refractivity (Wildman–Crippen MR) is 75.3 cm³/mol. The van der Waals surface area contributed by atoms with E-state index < -0.39 is 11.8 Å². The summed E-state index contributed by atoms with van der Waals surface area (Å²) in [5.41, 5.74) is 0.509. The molecule has 1 saturated heterocycles. The van der Waals surface area contributed by atoms with Crippen molar-refractivity contribution in [3.05, 3.63) is 30.1 Å². The van der Waals surface area contributed by atoms with E-state index >= 15 is 0 Å². The average Bonchev–Trinajstić information content (AvgIpc) is 2.52. The molecule has 7 heteroatoms. The number of anilines is 1. The zero-order valence-electron chi connectivity index (χ0n) is 11.6. The first kappa shape index (κ1) is 15.2. The van der Waals surface area contributed by atoms with Crippen LogP contribution in [0.25, 0.3) is 0 Å². The van der Waals surface area contributed by atoms with Gasteiger partial charge in [-0.05, 0) is 12.1 Å². The molecule has 21 heavy (non-hydrogen) atoms. The summed E-state index contributed by atoms with van der Waals surface area (Å²) < 4.78 is 13.7. The number of hydrogen-bond donors (Lipinski definition) is 2. The Kier molecular flexibility index (Phi) is 5.10. The molecule has 1 aromatic carbocycles. The summed E-state index contributed by atoms with van der Waals surface area (Å²) in [6.45, 7) is 1.51. The fraction of sp³-hybridized carbons (Fsp3) is 0.429. The average molecular weight is 295 g/mol. The lowest BCUT2D eigenvalue weighted by Gasteiger charge is -2.35. The number of nitrogens with zero attached hydrogens (tertiary/aromatic N) is 2. The summed E-state index contributed by atoms with van der Waals surface area (Å²) in [7, 11) is 0. The van der Waals surface area contributed by atoms with Crippen LogP contribution in [0.15, 0.2) is 24.3 Å². The van der Waals surface area contributed by atoms with Crippen LogP contribution >= 0.6 is 0 Å². The number of amides is 2. The van der Waals surface area contributed by atoms with Crippen LogP contribution in [0.2, 0.25) is 0 Å². The molecule has 0 atom stereocenters. The van der Waals surface area contributed by atoms with E-state index in [0.29, 0.717) is 31.9 Å². The highest BCUT2D eigenvalue weighted by atomic mass is 19.1. The number of para-hydroxylation sites is 1. The summed E-state index contributed by atoms with van der Waals surface area (Å²) in [5.74, 6) is -1.63. The van der Waals surface area contributed by atoms with Gasteiger partial charge in [0.15, 0.2) is 0 Å². The summed E-state index contributed by atoms with van der Waals surface area (Å²) in [6.07, 6.45) is 0. The number of nitrogens with one attached hydrogen (secondary N) is 1. The third kappa shape index (κ3) is 3.69. The standard InChI is InChI=1S/C14H18FN3O3/c15-11-3-1-2-4-12(11)17-6-8-18(9-7-17)14(21)13(20)16-5-10-19/h1-4,19H,5-10H2,(H,16,20). The lowest BCUT2D eigenvalue weighted by Crippen LogP contribution is -2.53. The van der Waals surface area contributed by atoms with E-state index in [1.54, 1.807) is 18.2 Å².